The minimum atomic E-state index is 0.454. The standard InChI is InChI=1S/C12H21NO/c1-10-11(7-8-14-10)9-13-12-5-3-2-4-6-12/h3,5,10-13H,2,4,6-9H2,1H3. The molecule has 3 atom stereocenters. The minimum absolute atomic E-state index is 0.454. The number of hydrogen-bond acceptors (Lipinski definition) is 2. The Morgan fingerprint density at radius 1 is 1.43 bits per heavy atom. The molecule has 0 aromatic rings. The predicted octanol–water partition coefficient (Wildman–Crippen LogP) is 2.11. The normalized spacial score (nSPS) is 37.6. The molecular weight excluding hydrogens is 174 g/mol. The summed E-state index contributed by atoms with van der Waals surface area (Å²) in [4.78, 5) is 0. The molecular formula is C12H21NO. The van der Waals surface area contributed by atoms with E-state index in [1.165, 1.54) is 25.7 Å². The van der Waals surface area contributed by atoms with Crippen LogP contribution in [0, 0.1) is 5.92 Å². The Bertz CT molecular complexity index is 202. The van der Waals surface area contributed by atoms with E-state index in [1.54, 1.807) is 0 Å². The summed E-state index contributed by atoms with van der Waals surface area (Å²) in [6.45, 7) is 4.26. The smallest absolute Gasteiger partial charge is 0.0588 e. The average Bonchev–Trinajstić information content (AvgIpc) is 2.63. The first-order valence-electron chi connectivity index (χ1n) is 5.88. The van der Waals surface area contributed by atoms with Crippen molar-refractivity contribution in [1.82, 2.24) is 5.32 Å². The molecule has 3 unspecified atom stereocenters. The van der Waals surface area contributed by atoms with Crippen LogP contribution in [-0.2, 0) is 4.74 Å². The van der Waals surface area contributed by atoms with E-state index in [2.05, 4.69) is 24.4 Å². The molecule has 0 bridgehead atoms. The van der Waals surface area contributed by atoms with Crippen molar-refractivity contribution in [2.75, 3.05) is 13.2 Å². The maximum absolute atomic E-state index is 5.55. The first-order chi connectivity index (χ1) is 6.86. The van der Waals surface area contributed by atoms with Gasteiger partial charge in [0.1, 0.15) is 0 Å². The molecule has 1 fully saturated rings. The Kier molecular flexibility index (Phi) is 3.60. The van der Waals surface area contributed by atoms with Gasteiger partial charge in [0.25, 0.3) is 0 Å². The van der Waals surface area contributed by atoms with Gasteiger partial charge in [0.2, 0.25) is 0 Å². The van der Waals surface area contributed by atoms with Crippen LogP contribution in [-0.4, -0.2) is 25.3 Å². The largest absolute Gasteiger partial charge is 0.378 e. The van der Waals surface area contributed by atoms with E-state index in [0.29, 0.717) is 12.1 Å². The molecule has 2 aliphatic rings. The van der Waals surface area contributed by atoms with Gasteiger partial charge in [-0.3, -0.25) is 0 Å². The topological polar surface area (TPSA) is 21.3 Å². The highest BCUT2D eigenvalue weighted by Crippen LogP contribution is 2.20. The minimum Gasteiger partial charge on any atom is -0.378 e. The SMILES string of the molecule is CC1OCCC1CNC1C=CCCC1. The number of nitrogens with one attached hydrogen (secondary N) is 1. The Hall–Kier alpha value is -0.340. The number of ether oxygens (including phenoxy) is 1. The lowest BCUT2D eigenvalue weighted by Crippen LogP contribution is -2.34. The summed E-state index contributed by atoms with van der Waals surface area (Å²) >= 11 is 0. The maximum atomic E-state index is 5.55. The number of allylic oxidation sites excluding steroid dienone is 1. The predicted molar refractivity (Wildman–Crippen MR) is 58.3 cm³/mol. The summed E-state index contributed by atoms with van der Waals surface area (Å²) in [7, 11) is 0. The van der Waals surface area contributed by atoms with Crippen molar-refractivity contribution in [2.24, 2.45) is 5.92 Å². The zero-order valence-electron chi connectivity index (χ0n) is 9.04. The zero-order valence-corrected chi connectivity index (χ0v) is 9.04. The van der Waals surface area contributed by atoms with Crippen LogP contribution in [0.15, 0.2) is 12.2 Å². The van der Waals surface area contributed by atoms with Crippen LogP contribution >= 0.6 is 0 Å². The van der Waals surface area contributed by atoms with Gasteiger partial charge in [-0.05, 0) is 38.5 Å². The van der Waals surface area contributed by atoms with Gasteiger partial charge in [-0.25, -0.2) is 0 Å². The van der Waals surface area contributed by atoms with Gasteiger partial charge in [0.05, 0.1) is 6.10 Å². The van der Waals surface area contributed by atoms with Gasteiger partial charge in [-0.1, -0.05) is 12.2 Å². The van der Waals surface area contributed by atoms with Gasteiger partial charge in [0, 0.05) is 19.2 Å². The van der Waals surface area contributed by atoms with E-state index in [4.69, 9.17) is 4.74 Å². The molecule has 1 aliphatic carbocycles. The monoisotopic (exact) mass is 195 g/mol. The molecule has 2 rings (SSSR count). The first kappa shape index (κ1) is 10.2. The van der Waals surface area contributed by atoms with Crippen LogP contribution in [0.25, 0.3) is 0 Å². The van der Waals surface area contributed by atoms with Crippen LogP contribution in [0.4, 0.5) is 0 Å². The molecule has 80 valence electrons. The van der Waals surface area contributed by atoms with Crippen LogP contribution in [0.1, 0.15) is 32.6 Å². The van der Waals surface area contributed by atoms with Crippen LogP contribution in [0.2, 0.25) is 0 Å². The third-order valence-corrected chi connectivity index (χ3v) is 3.43. The van der Waals surface area contributed by atoms with Crippen molar-refractivity contribution < 1.29 is 4.74 Å². The van der Waals surface area contributed by atoms with Crippen LogP contribution in [0.5, 0.6) is 0 Å². The lowest BCUT2D eigenvalue weighted by Gasteiger charge is -2.21. The quantitative estimate of drug-likeness (QED) is 0.696. The van der Waals surface area contributed by atoms with E-state index in [1.807, 2.05) is 0 Å². The molecule has 2 nitrogen and oxygen atoms in total. The van der Waals surface area contributed by atoms with Gasteiger partial charge >= 0.3 is 0 Å². The summed E-state index contributed by atoms with van der Waals surface area (Å²) in [6.07, 6.45) is 10.2. The maximum Gasteiger partial charge on any atom is 0.0588 e. The summed E-state index contributed by atoms with van der Waals surface area (Å²) in [5, 5.41) is 3.63. The summed E-state index contributed by atoms with van der Waals surface area (Å²) in [5.41, 5.74) is 0. The third kappa shape index (κ3) is 2.58. The lowest BCUT2D eigenvalue weighted by atomic mass is 9.99. The molecule has 0 aromatic carbocycles. The van der Waals surface area contributed by atoms with Crippen molar-refractivity contribution in [2.45, 2.75) is 44.8 Å². The number of hydrogen-bond donors (Lipinski definition) is 1. The molecule has 1 N–H and O–H groups in total. The average molecular weight is 195 g/mol. The fraction of sp³-hybridized carbons (Fsp3) is 0.833. The van der Waals surface area contributed by atoms with Crippen molar-refractivity contribution in [3.05, 3.63) is 12.2 Å². The molecule has 2 heteroatoms. The van der Waals surface area contributed by atoms with Crippen LogP contribution in [0.3, 0.4) is 0 Å². The second-order valence-corrected chi connectivity index (χ2v) is 4.50. The third-order valence-electron chi connectivity index (χ3n) is 3.43. The molecule has 14 heavy (non-hydrogen) atoms. The second kappa shape index (κ2) is 4.94. The first-order valence-corrected chi connectivity index (χ1v) is 5.88. The zero-order chi connectivity index (χ0) is 9.80. The number of rotatable bonds is 3. The van der Waals surface area contributed by atoms with Crippen molar-refractivity contribution in [3.8, 4) is 0 Å². The summed E-state index contributed by atoms with van der Waals surface area (Å²) in [5.74, 6) is 0.727. The Morgan fingerprint density at radius 3 is 3.00 bits per heavy atom. The molecule has 0 saturated carbocycles. The molecule has 1 saturated heterocycles. The van der Waals surface area contributed by atoms with Crippen molar-refractivity contribution >= 4 is 0 Å². The fourth-order valence-electron chi connectivity index (χ4n) is 2.33. The summed E-state index contributed by atoms with van der Waals surface area (Å²) < 4.78 is 5.55. The summed E-state index contributed by atoms with van der Waals surface area (Å²) in [6, 6.07) is 0.622. The molecule has 1 heterocycles. The molecule has 0 aromatic heterocycles. The lowest BCUT2D eigenvalue weighted by molar-refractivity contribution is 0.105. The Labute approximate surface area is 86.7 Å². The van der Waals surface area contributed by atoms with E-state index in [0.717, 1.165) is 19.1 Å². The van der Waals surface area contributed by atoms with Gasteiger partial charge in [0.15, 0.2) is 0 Å². The van der Waals surface area contributed by atoms with E-state index < -0.39 is 0 Å². The van der Waals surface area contributed by atoms with Gasteiger partial charge < -0.3 is 10.1 Å². The Balaban J connectivity index is 1.70. The Morgan fingerprint density at radius 2 is 2.36 bits per heavy atom. The van der Waals surface area contributed by atoms with Crippen LogP contribution < -0.4 is 5.32 Å². The molecule has 0 spiro atoms. The molecule has 0 amide bonds. The second-order valence-electron chi connectivity index (χ2n) is 4.50. The highest BCUT2D eigenvalue weighted by atomic mass is 16.5. The van der Waals surface area contributed by atoms with E-state index >= 15 is 0 Å². The molecule has 1 aliphatic heterocycles. The molecule has 0 radical (unpaired) electrons. The highest BCUT2D eigenvalue weighted by molar-refractivity contribution is 4.97. The van der Waals surface area contributed by atoms with Crippen molar-refractivity contribution in [1.29, 1.82) is 0 Å². The van der Waals surface area contributed by atoms with E-state index in [9.17, 15) is 0 Å². The highest BCUT2D eigenvalue weighted by Gasteiger charge is 2.24. The van der Waals surface area contributed by atoms with Gasteiger partial charge in [-0.2, -0.15) is 0 Å². The fourth-order valence-corrected chi connectivity index (χ4v) is 2.33. The van der Waals surface area contributed by atoms with Crippen molar-refractivity contribution in [3.63, 3.8) is 0 Å². The van der Waals surface area contributed by atoms with E-state index in [-0.39, 0.29) is 0 Å². The van der Waals surface area contributed by atoms with Gasteiger partial charge in [-0.15, -0.1) is 0 Å².